The summed E-state index contributed by atoms with van der Waals surface area (Å²) in [5, 5.41) is 2.29. The first-order chi connectivity index (χ1) is 8.29. The van der Waals surface area contributed by atoms with Gasteiger partial charge in [0.1, 0.15) is 6.04 Å². The van der Waals surface area contributed by atoms with Crippen molar-refractivity contribution in [2.24, 2.45) is 5.41 Å². The Kier molecular flexibility index (Phi) is 3.00. The van der Waals surface area contributed by atoms with Crippen LogP contribution in [-0.2, 0) is 14.4 Å². The minimum Gasteiger partial charge on any atom is -0.323 e. The van der Waals surface area contributed by atoms with E-state index in [2.05, 4.69) is 5.32 Å². The molecule has 0 aromatic heterocycles. The van der Waals surface area contributed by atoms with Crippen LogP contribution in [0.5, 0.6) is 0 Å². The van der Waals surface area contributed by atoms with Crippen molar-refractivity contribution < 1.29 is 14.4 Å². The van der Waals surface area contributed by atoms with E-state index in [4.69, 9.17) is 0 Å². The molecule has 18 heavy (non-hydrogen) atoms. The maximum atomic E-state index is 11.9. The smallest absolute Gasteiger partial charge is 0.249 e. The van der Waals surface area contributed by atoms with E-state index in [1.165, 1.54) is 0 Å². The van der Waals surface area contributed by atoms with E-state index < -0.39 is 6.04 Å². The van der Waals surface area contributed by atoms with Crippen LogP contribution in [0.25, 0.3) is 0 Å². The molecule has 0 aliphatic carbocycles. The zero-order chi connectivity index (χ0) is 13.5. The molecular weight excluding hydrogens is 232 g/mol. The average molecular weight is 250 g/mol. The van der Waals surface area contributed by atoms with Crippen LogP contribution >= 0.6 is 0 Å². The van der Waals surface area contributed by atoms with Gasteiger partial charge in [0.25, 0.3) is 0 Å². The SMILES string of the molecule is CC(C)(C)C1=CC(=O)N(C2CCC(=O)NC2=O)C1. The monoisotopic (exact) mass is 250 g/mol. The Labute approximate surface area is 106 Å². The van der Waals surface area contributed by atoms with Gasteiger partial charge in [0.15, 0.2) is 0 Å². The fraction of sp³-hybridized carbons (Fsp3) is 0.615. The van der Waals surface area contributed by atoms with Crippen molar-refractivity contribution in [3.63, 3.8) is 0 Å². The third-order valence-electron chi connectivity index (χ3n) is 3.47. The highest BCUT2D eigenvalue weighted by molar-refractivity contribution is 6.03. The fourth-order valence-electron chi connectivity index (χ4n) is 2.24. The average Bonchev–Trinajstić information content (AvgIpc) is 2.60. The van der Waals surface area contributed by atoms with Crippen LogP contribution in [-0.4, -0.2) is 35.2 Å². The summed E-state index contributed by atoms with van der Waals surface area (Å²) in [7, 11) is 0. The van der Waals surface area contributed by atoms with E-state index in [1.54, 1.807) is 11.0 Å². The predicted molar refractivity (Wildman–Crippen MR) is 65.4 cm³/mol. The highest BCUT2D eigenvalue weighted by Gasteiger charge is 2.38. The van der Waals surface area contributed by atoms with E-state index in [0.29, 0.717) is 19.4 Å². The van der Waals surface area contributed by atoms with Crippen LogP contribution in [0.2, 0.25) is 0 Å². The van der Waals surface area contributed by atoms with Crippen molar-refractivity contribution in [1.82, 2.24) is 10.2 Å². The number of hydrogen-bond donors (Lipinski definition) is 1. The third-order valence-corrected chi connectivity index (χ3v) is 3.47. The van der Waals surface area contributed by atoms with E-state index >= 15 is 0 Å². The maximum absolute atomic E-state index is 11.9. The largest absolute Gasteiger partial charge is 0.323 e. The van der Waals surface area contributed by atoms with Gasteiger partial charge in [-0.2, -0.15) is 0 Å². The molecule has 2 heterocycles. The molecular formula is C13H18N2O3. The Balaban J connectivity index is 2.11. The Morgan fingerprint density at radius 2 is 1.94 bits per heavy atom. The Morgan fingerprint density at radius 3 is 2.44 bits per heavy atom. The van der Waals surface area contributed by atoms with Gasteiger partial charge in [-0.1, -0.05) is 20.8 Å². The molecule has 2 rings (SSSR count). The molecule has 1 atom stereocenters. The van der Waals surface area contributed by atoms with Crippen molar-refractivity contribution in [2.75, 3.05) is 6.54 Å². The summed E-state index contributed by atoms with van der Waals surface area (Å²) in [6, 6.07) is -0.508. The topological polar surface area (TPSA) is 66.5 Å². The zero-order valence-corrected chi connectivity index (χ0v) is 10.9. The van der Waals surface area contributed by atoms with Gasteiger partial charge in [0.05, 0.1) is 0 Å². The Hall–Kier alpha value is -1.65. The van der Waals surface area contributed by atoms with Crippen molar-refractivity contribution >= 4 is 17.7 Å². The summed E-state index contributed by atoms with van der Waals surface area (Å²) in [6.07, 6.45) is 2.33. The highest BCUT2D eigenvalue weighted by atomic mass is 16.2. The molecule has 3 amide bonds. The quantitative estimate of drug-likeness (QED) is 0.693. The number of rotatable bonds is 1. The van der Waals surface area contributed by atoms with E-state index in [0.717, 1.165) is 5.57 Å². The molecule has 0 saturated carbocycles. The molecule has 5 nitrogen and oxygen atoms in total. The van der Waals surface area contributed by atoms with Crippen molar-refractivity contribution in [1.29, 1.82) is 0 Å². The normalized spacial score (nSPS) is 25.3. The van der Waals surface area contributed by atoms with Crippen LogP contribution in [0.3, 0.4) is 0 Å². The molecule has 5 heteroatoms. The van der Waals surface area contributed by atoms with Crippen LogP contribution in [0.1, 0.15) is 33.6 Å². The Morgan fingerprint density at radius 1 is 1.28 bits per heavy atom. The molecule has 0 aromatic carbocycles. The lowest BCUT2D eigenvalue weighted by Crippen LogP contribution is -2.53. The summed E-state index contributed by atoms with van der Waals surface area (Å²) in [6.45, 7) is 6.61. The fourth-order valence-corrected chi connectivity index (χ4v) is 2.24. The molecule has 0 radical (unpaired) electrons. The molecule has 98 valence electrons. The van der Waals surface area contributed by atoms with Crippen molar-refractivity contribution in [2.45, 2.75) is 39.7 Å². The van der Waals surface area contributed by atoms with Gasteiger partial charge in [-0.25, -0.2) is 0 Å². The minimum atomic E-state index is -0.508. The summed E-state index contributed by atoms with van der Waals surface area (Å²) in [5.74, 6) is -0.746. The van der Waals surface area contributed by atoms with Crippen molar-refractivity contribution in [3.8, 4) is 0 Å². The van der Waals surface area contributed by atoms with E-state index in [1.807, 2.05) is 20.8 Å². The predicted octanol–water partition coefficient (Wildman–Crippen LogP) is 0.606. The van der Waals surface area contributed by atoms with Gasteiger partial charge in [-0.05, 0) is 17.4 Å². The third kappa shape index (κ3) is 2.30. The summed E-state index contributed by atoms with van der Waals surface area (Å²) in [5.41, 5.74) is 0.947. The lowest BCUT2D eigenvalue weighted by Gasteiger charge is -2.31. The molecule has 2 aliphatic rings. The van der Waals surface area contributed by atoms with Gasteiger partial charge in [0.2, 0.25) is 17.7 Å². The van der Waals surface area contributed by atoms with E-state index in [-0.39, 0.29) is 23.1 Å². The molecule has 1 unspecified atom stereocenters. The molecule has 1 saturated heterocycles. The number of hydrogen-bond acceptors (Lipinski definition) is 3. The second kappa shape index (κ2) is 4.23. The molecule has 0 spiro atoms. The van der Waals surface area contributed by atoms with Crippen LogP contribution in [0, 0.1) is 5.41 Å². The van der Waals surface area contributed by atoms with Gasteiger partial charge >= 0.3 is 0 Å². The number of carbonyl (C=O) groups excluding carboxylic acids is 3. The second-order valence-corrected chi connectivity index (χ2v) is 5.85. The van der Waals surface area contributed by atoms with Gasteiger partial charge < -0.3 is 4.90 Å². The standard InChI is InChI=1S/C13H18N2O3/c1-13(2,3)8-6-11(17)15(7-8)9-4-5-10(16)14-12(9)18/h6,9H,4-5,7H2,1-3H3,(H,14,16,18). The van der Waals surface area contributed by atoms with Gasteiger partial charge in [-0.3, -0.25) is 19.7 Å². The van der Waals surface area contributed by atoms with Crippen LogP contribution in [0.4, 0.5) is 0 Å². The molecule has 1 N–H and O–H groups in total. The number of piperidine rings is 1. The minimum absolute atomic E-state index is 0.0780. The zero-order valence-electron chi connectivity index (χ0n) is 10.9. The first-order valence-corrected chi connectivity index (χ1v) is 6.14. The summed E-state index contributed by atoms with van der Waals surface area (Å²) < 4.78 is 0. The number of carbonyl (C=O) groups is 3. The van der Waals surface area contributed by atoms with Gasteiger partial charge in [-0.15, -0.1) is 0 Å². The molecule has 1 fully saturated rings. The first kappa shape index (κ1) is 12.8. The van der Waals surface area contributed by atoms with Crippen molar-refractivity contribution in [3.05, 3.63) is 11.6 Å². The second-order valence-electron chi connectivity index (χ2n) is 5.85. The molecule has 2 aliphatic heterocycles. The number of imide groups is 1. The number of nitrogens with one attached hydrogen (secondary N) is 1. The molecule has 0 bridgehead atoms. The summed E-state index contributed by atoms with van der Waals surface area (Å²) in [4.78, 5) is 36.3. The lowest BCUT2D eigenvalue weighted by atomic mass is 9.87. The molecule has 0 aromatic rings. The van der Waals surface area contributed by atoms with Crippen LogP contribution < -0.4 is 5.32 Å². The number of nitrogens with zero attached hydrogens (tertiary/aromatic N) is 1. The van der Waals surface area contributed by atoms with E-state index in [9.17, 15) is 14.4 Å². The lowest BCUT2D eigenvalue weighted by molar-refractivity contribution is -0.142. The van der Waals surface area contributed by atoms with Gasteiger partial charge in [0, 0.05) is 19.0 Å². The summed E-state index contributed by atoms with van der Waals surface area (Å²) >= 11 is 0. The highest BCUT2D eigenvalue weighted by Crippen LogP contribution is 2.31. The Bertz CT molecular complexity index is 446. The van der Waals surface area contributed by atoms with Crippen LogP contribution in [0.15, 0.2) is 11.6 Å². The maximum Gasteiger partial charge on any atom is 0.249 e. The first-order valence-electron chi connectivity index (χ1n) is 6.14. The number of amides is 3.